The van der Waals surface area contributed by atoms with E-state index in [1.165, 1.54) is 5.56 Å². The standard InChI is InChI=1S/C20H26N6/c1-2-21-20(22-10-13-25-11-6-7-12-25)23-14-19-15-24-26(17-19)16-18-8-4-3-5-9-18/h3-9,11-12,15,17H,2,10,13-14,16H2,1H3,(H2,21,22,23). The molecule has 2 aromatic heterocycles. The number of rotatable bonds is 8. The van der Waals surface area contributed by atoms with Gasteiger partial charge in [-0.15, -0.1) is 0 Å². The lowest BCUT2D eigenvalue weighted by Crippen LogP contribution is -2.38. The molecule has 26 heavy (non-hydrogen) atoms. The van der Waals surface area contributed by atoms with Gasteiger partial charge in [-0.3, -0.25) is 4.68 Å². The summed E-state index contributed by atoms with van der Waals surface area (Å²) in [6.45, 7) is 6.03. The molecular weight excluding hydrogens is 324 g/mol. The van der Waals surface area contributed by atoms with Crippen LogP contribution >= 0.6 is 0 Å². The highest BCUT2D eigenvalue weighted by Crippen LogP contribution is 2.05. The van der Waals surface area contributed by atoms with Crippen molar-refractivity contribution < 1.29 is 0 Å². The summed E-state index contributed by atoms with van der Waals surface area (Å²) in [7, 11) is 0. The monoisotopic (exact) mass is 350 g/mol. The Morgan fingerprint density at radius 3 is 2.62 bits per heavy atom. The molecule has 0 radical (unpaired) electrons. The minimum Gasteiger partial charge on any atom is -0.357 e. The molecule has 0 spiro atoms. The average Bonchev–Trinajstić information content (AvgIpc) is 3.33. The predicted molar refractivity (Wildman–Crippen MR) is 105 cm³/mol. The Balaban J connectivity index is 1.52. The molecule has 136 valence electrons. The van der Waals surface area contributed by atoms with E-state index in [9.17, 15) is 0 Å². The smallest absolute Gasteiger partial charge is 0.191 e. The lowest BCUT2D eigenvalue weighted by Gasteiger charge is -2.11. The largest absolute Gasteiger partial charge is 0.357 e. The second kappa shape index (κ2) is 9.46. The van der Waals surface area contributed by atoms with Crippen molar-refractivity contribution in [2.45, 2.75) is 26.6 Å². The third-order valence-electron chi connectivity index (χ3n) is 3.97. The van der Waals surface area contributed by atoms with Crippen molar-refractivity contribution in [2.75, 3.05) is 13.1 Å². The van der Waals surface area contributed by atoms with Gasteiger partial charge in [-0.2, -0.15) is 5.10 Å². The average molecular weight is 350 g/mol. The van der Waals surface area contributed by atoms with Gasteiger partial charge in [0.25, 0.3) is 0 Å². The zero-order valence-electron chi connectivity index (χ0n) is 15.2. The van der Waals surface area contributed by atoms with Crippen LogP contribution < -0.4 is 10.6 Å². The number of nitrogens with one attached hydrogen (secondary N) is 2. The highest BCUT2D eigenvalue weighted by Gasteiger charge is 2.01. The molecule has 0 unspecified atom stereocenters. The summed E-state index contributed by atoms with van der Waals surface area (Å²) >= 11 is 0. The van der Waals surface area contributed by atoms with Crippen LogP contribution in [-0.4, -0.2) is 33.4 Å². The van der Waals surface area contributed by atoms with Crippen LogP contribution in [0.2, 0.25) is 0 Å². The fourth-order valence-electron chi connectivity index (χ4n) is 2.68. The molecule has 2 N–H and O–H groups in total. The third kappa shape index (κ3) is 5.51. The van der Waals surface area contributed by atoms with Gasteiger partial charge in [-0.25, -0.2) is 4.99 Å². The van der Waals surface area contributed by atoms with Crippen molar-refractivity contribution in [3.8, 4) is 0 Å². The summed E-state index contributed by atoms with van der Waals surface area (Å²) in [6.07, 6.45) is 8.06. The minimum atomic E-state index is 0.605. The number of hydrogen-bond acceptors (Lipinski definition) is 2. The summed E-state index contributed by atoms with van der Waals surface area (Å²) in [4.78, 5) is 4.65. The number of aromatic nitrogens is 3. The van der Waals surface area contributed by atoms with Gasteiger partial charge in [0.05, 0.1) is 19.3 Å². The molecule has 0 aliphatic rings. The van der Waals surface area contributed by atoms with E-state index in [1.807, 2.05) is 41.2 Å². The van der Waals surface area contributed by atoms with Gasteiger partial charge in [0, 0.05) is 43.8 Å². The zero-order valence-corrected chi connectivity index (χ0v) is 15.2. The van der Waals surface area contributed by atoms with Crippen LogP contribution in [0.1, 0.15) is 18.1 Å². The second-order valence-electron chi connectivity index (χ2n) is 6.07. The Labute approximate surface area is 154 Å². The van der Waals surface area contributed by atoms with Crippen LogP contribution in [0, 0.1) is 0 Å². The number of aliphatic imine (C=N–C) groups is 1. The first-order chi connectivity index (χ1) is 12.8. The highest BCUT2D eigenvalue weighted by molar-refractivity contribution is 5.79. The molecule has 6 nitrogen and oxygen atoms in total. The molecule has 2 heterocycles. The van der Waals surface area contributed by atoms with E-state index in [2.05, 4.69) is 62.9 Å². The number of benzene rings is 1. The molecule has 0 saturated heterocycles. The Kier molecular flexibility index (Phi) is 6.47. The van der Waals surface area contributed by atoms with E-state index < -0.39 is 0 Å². The molecule has 3 aromatic rings. The summed E-state index contributed by atoms with van der Waals surface area (Å²) in [6, 6.07) is 14.4. The highest BCUT2D eigenvalue weighted by atomic mass is 15.3. The number of nitrogens with zero attached hydrogens (tertiary/aromatic N) is 4. The van der Waals surface area contributed by atoms with Gasteiger partial charge >= 0.3 is 0 Å². The number of guanidine groups is 1. The van der Waals surface area contributed by atoms with Crippen LogP contribution in [0.3, 0.4) is 0 Å². The Hall–Kier alpha value is -3.02. The van der Waals surface area contributed by atoms with E-state index in [0.29, 0.717) is 6.54 Å². The van der Waals surface area contributed by atoms with E-state index in [-0.39, 0.29) is 0 Å². The van der Waals surface area contributed by atoms with Crippen molar-refractivity contribution in [1.29, 1.82) is 0 Å². The first-order valence-corrected chi connectivity index (χ1v) is 9.01. The second-order valence-corrected chi connectivity index (χ2v) is 6.07. The first kappa shape index (κ1) is 17.8. The van der Waals surface area contributed by atoms with Crippen molar-refractivity contribution in [3.05, 3.63) is 78.4 Å². The maximum atomic E-state index is 4.65. The van der Waals surface area contributed by atoms with Gasteiger partial charge < -0.3 is 15.2 Å². The van der Waals surface area contributed by atoms with Gasteiger partial charge in [0.1, 0.15) is 0 Å². The van der Waals surface area contributed by atoms with Gasteiger partial charge in [0.2, 0.25) is 0 Å². The minimum absolute atomic E-state index is 0.605. The van der Waals surface area contributed by atoms with Crippen LogP contribution in [0.5, 0.6) is 0 Å². The van der Waals surface area contributed by atoms with Crippen molar-refractivity contribution in [1.82, 2.24) is 25.0 Å². The summed E-state index contributed by atoms with van der Waals surface area (Å²) in [5, 5.41) is 11.1. The molecule has 0 aliphatic carbocycles. The van der Waals surface area contributed by atoms with Gasteiger partial charge in [-0.1, -0.05) is 30.3 Å². The van der Waals surface area contributed by atoms with Crippen molar-refractivity contribution >= 4 is 5.96 Å². The normalized spacial score (nSPS) is 11.5. The molecule has 6 heteroatoms. The molecule has 0 saturated carbocycles. The van der Waals surface area contributed by atoms with E-state index in [0.717, 1.165) is 37.7 Å². The Morgan fingerprint density at radius 2 is 1.85 bits per heavy atom. The van der Waals surface area contributed by atoms with Crippen molar-refractivity contribution in [2.24, 2.45) is 4.99 Å². The predicted octanol–water partition coefficient (Wildman–Crippen LogP) is 2.49. The molecule has 0 fully saturated rings. The van der Waals surface area contributed by atoms with E-state index in [1.54, 1.807) is 0 Å². The molecular formula is C20H26N6. The molecule has 0 amide bonds. The zero-order chi connectivity index (χ0) is 18.0. The molecule has 0 atom stereocenters. The van der Waals surface area contributed by atoms with E-state index in [4.69, 9.17) is 0 Å². The van der Waals surface area contributed by atoms with E-state index >= 15 is 0 Å². The summed E-state index contributed by atoms with van der Waals surface area (Å²) in [5.74, 6) is 0.829. The maximum Gasteiger partial charge on any atom is 0.191 e. The van der Waals surface area contributed by atoms with Crippen LogP contribution in [0.4, 0.5) is 0 Å². The summed E-state index contributed by atoms with van der Waals surface area (Å²) in [5.41, 5.74) is 2.34. The maximum absolute atomic E-state index is 4.65. The molecule has 3 rings (SSSR count). The molecule has 0 bridgehead atoms. The van der Waals surface area contributed by atoms with Crippen molar-refractivity contribution in [3.63, 3.8) is 0 Å². The fourth-order valence-corrected chi connectivity index (χ4v) is 2.68. The third-order valence-corrected chi connectivity index (χ3v) is 3.97. The lowest BCUT2D eigenvalue weighted by molar-refractivity contribution is 0.665. The molecule has 1 aromatic carbocycles. The first-order valence-electron chi connectivity index (χ1n) is 9.01. The topological polar surface area (TPSA) is 59.2 Å². The Morgan fingerprint density at radius 1 is 1.04 bits per heavy atom. The molecule has 0 aliphatic heterocycles. The van der Waals surface area contributed by atoms with Gasteiger partial charge in [0.15, 0.2) is 5.96 Å². The Bertz CT molecular complexity index is 789. The van der Waals surface area contributed by atoms with Crippen LogP contribution in [0.15, 0.2) is 72.2 Å². The summed E-state index contributed by atoms with van der Waals surface area (Å²) < 4.78 is 4.09. The quantitative estimate of drug-likeness (QED) is 0.485. The lowest BCUT2D eigenvalue weighted by atomic mass is 10.2. The fraction of sp³-hybridized carbons (Fsp3) is 0.300. The number of hydrogen-bond donors (Lipinski definition) is 2. The van der Waals surface area contributed by atoms with Crippen LogP contribution in [-0.2, 0) is 19.6 Å². The van der Waals surface area contributed by atoms with Crippen LogP contribution in [0.25, 0.3) is 0 Å². The SMILES string of the molecule is CCNC(=NCc1cnn(Cc2ccccc2)c1)NCCn1cccc1. The van der Waals surface area contributed by atoms with Gasteiger partial charge in [-0.05, 0) is 24.6 Å².